The van der Waals surface area contributed by atoms with Crippen LogP contribution in [0.3, 0.4) is 0 Å². The van der Waals surface area contributed by atoms with Crippen LogP contribution in [0.5, 0.6) is 0 Å². The highest BCUT2D eigenvalue weighted by molar-refractivity contribution is 14.0. The standard InChI is InChI=1S/C20H29FN4O2.HI/c1-19(2,3)27-18(26)25-12-10-24(11-13-25)17(22)23-14-20(8-9-20)15-6-4-5-7-16(15)21;/h4-7H,8-14H2,1-3H3,(H2,22,23);1H. The van der Waals surface area contributed by atoms with E-state index in [9.17, 15) is 9.18 Å². The van der Waals surface area contributed by atoms with Gasteiger partial charge in [-0.15, -0.1) is 24.0 Å². The number of nitrogens with two attached hydrogens (primary N) is 1. The highest BCUT2D eigenvalue weighted by atomic mass is 127. The molecule has 1 heterocycles. The Hall–Kier alpha value is -1.58. The molecule has 0 spiro atoms. The molecule has 2 aliphatic rings. The molecule has 1 aromatic rings. The van der Waals surface area contributed by atoms with Gasteiger partial charge >= 0.3 is 6.09 Å². The van der Waals surface area contributed by atoms with Gasteiger partial charge in [0.1, 0.15) is 11.4 Å². The zero-order valence-electron chi connectivity index (χ0n) is 16.8. The van der Waals surface area contributed by atoms with Crippen molar-refractivity contribution in [2.45, 2.75) is 44.6 Å². The zero-order valence-corrected chi connectivity index (χ0v) is 19.1. The lowest BCUT2D eigenvalue weighted by Gasteiger charge is -2.36. The van der Waals surface area contributed by atoms with Crippen molar-refractivity contribution in [2.24, 2.45) is 10.7 Å². The molecule has 28 heavy (non-hydrogen) atoms. The minimum absolute atomic E-state index is 0. The summed E-state index contributed by atoms with van der Waals surface area (Å²) < 4.78 is 19.5. The van der Waals surface area contributed by atoms with Gasteiger partial charge in [0, 0.05) is 31.6 Å². The van der Waals surface area contributed by atoms with Crippen molar-refractivity contribution in [3.05, 3.63) is 35.6 Å². The van der Waals surface area contributed by atoms with Crippen LogP contribution in [0.2, 0.25) is 0 Å². The first kappa shape index (κ1) is 22.7. The maximum Gasteiger partial charge on any atom is 0.410 e. The van der Waals surface area contributed by atoms with Gasteiger partial charge in [-0.1, -0.05) is 18.2 Å². The molecule has 8 heteroatoms. The fourth-order valence-corrected chi connectivity index (χ4v) is 3.33. The third-order valence-electron chi connectivity index (χ3n) is 5.10. The fourth-order valence-electron chi connectivity index (χ4n) is 3.33. The van der Waals surface area contributed by atoms with E-state index in [1.165, 1.54) is 6.07 Å². The van der Waals surface area contributed by atoms with Crippen LogP contribution < -0.4 is 5.73 Å². The minimum Gasteiger partial charge on any atom is -0.444 e. The van der Waals surface area contributed by atoms with Gasteiger partial charge in [0.25, 0.3) is 0 Å². The maximum absolute atomic E-state index is 14.1. The summed E-state index contributed by atoms with van der Waals surface area (Å²) in [5.41, 5.74) is 6.19. The third-order valence-corrected chi connectivity index (χ3v) is 5.10. The summed E-state index contributed by atoms with van der Waals surface area (Å²) in [4.78, 5) is 20.3. The molecule has 1 aromatic carbocycles. The second-order valence-corrected chi connectivity index (χ2v) is 8.39. The second kappa shape index (κ2) is 8.84. The molecule has 1 aliphatic heterocycles. The number of hydrogen-bond donors (Lipinski definition) is 1. The van der Waals surface area contributed by atoms with Gasteiger partial charge in [0.2, 0.25) is 0 Å². The summed E-state index contributed by atoms with van der Waals surface area (Å²) in [5, 5.41) is 0. The molecule has 2 N–H and O–H groups in total. The summed E-state index contributed by atoms with van der Waals surface area (Å²) in [6, 6.07) is 6.91. The summed E-state index contributed by atoms with van der Waals surface area (Å²) in [6.07, 6.45) is 1.56. The van der Waals surface area contributed by atoms with E-state index in [1.54, 1.807) is 11.0 Å². The van der Waals surface area contributed by atoms with Crippen LogP contribution >= 0.6 is 24.0 Å². The van der Waals surface area contributed by atoms with Gasteiger partial charge in [0.15, 0.2) is 5.96 Å². The Bertz CT molecular complexity index is 723. The first-order valence-corrected chi connectivity index (χ1v) is 9.48. The Balaban J connectivity index is 0.00000280. The predicted octanol–water partition coefficient (Wildman–Crippen LogP) is 3.34. The van der Waals surface area contributed by atoms with Crippen LogP contribution in [-0.2, 0) is 10.2 Å². The molecular weight excluding hydrogens is 474 g/mol. The lowest BCUT2D eigenvalue weighted by molar-refractivity contribution is 0.0186. The Morgan fingerprint density at radius 1 is 1.18 bits per heavy atom. The largest absolute Gasteiger partial charge is 0.444 e. The van der Waals surface area contributed by atoms with Crippen LogP contribution in [0.15, 0.2) is 29.3 Å². The first-order valence-electron chi connectivity index (χ1n) is 9.48. The smallest absolute Gasteiger partial charge is 0.410 e. The number of aliphatic imine (C=N–C) groups is 1. The molecule has 0 atom stereocenters. The molecule has 6 nitrogen and oxygen atoms in total. The summed E-state index contributed by atoms with van der Waals surface area (Å²) in [5.74, 6) is 0.288. The number of benzene rings is 1. The van der Waals surface area contributed by atoms with E-state index < -0.39 is 5.60 Å². The molecule has 1 saturated heterocycles. The zero-order chi connectivity index (χ0) is 19.7. The molecule has 0 bridgehead atoms. The van der Waals surface area contributed by atoms with Crippen molar-refractivity contribution in [1.82, 2.24) is 9.80 Å². The van der Waals surface area contributed by atoms with Crippen molar-refractivity contribution in [2.75, 3.05) is 32.7 Å². The lowest BCUT2D eigenvalue weighted by atomic mass is 9.95. The SMILES string of the molecule is CC(C)(C)OC(=O)N1CCN(C(N)=NCC2(c3ccccc3F)CC2)CC1.I. The van der Waals surface area contributed by atoms with E-state index in [2.05, 4.69) is 4.99 Å². The maximum atomic E-state index is 14.1. The van der Waals surface area contributed by atoms with Crippen molar-refractivity contribution < 1.29 is 13.9 Å². The quantitative estimate of drug-likeness (QED) is 0.390. The Morgan fingerprint density at radius 2 is 1.75 bits per heavy atom. The number of amides is 1. The van der Waals surface area contributed by atoms with E-state index in [4.69, 9.17) is 10.5 Å². The number of ether oxygens (including phenoxy) is 1. The Kier molecular flexibility index (Phi) is 7.17. The average molecular weight is 504 g/mol. The number of nitrogens with zero attached hydrogens (tertiary/aromatic N) is 3. The van der Waals surface area contributed by atoms with Gasteiger partial charge in [-0.3, -0.25) is 4.99 Å². The fraction of sp³-hybridized carbons (Fsp3) is 0.600. The van der Waals surface area contributed by atoms with Crippen LogP contribution in [0.4, 0.5) is 9.18 Å². The van der Waals surface area contributed by atoms with Crippen LogP contribution in [-0.4, -0.2) is 60.2 Å². The normalized spacial score (nSPS) is 19.1. The number of carbonyl (C=O) groups excluding carboxylic acids is 1. The van der Waals surface area contributed by atoms with E-state index in [1.807, 2.05) is 37.8 Å². The van der Waals surface area contributed by atoms with Crippen LogP contribution in [0.25, 0.3) is 0 Å². The Morgan fingerprint density at radius 3 is 2.29 bits per heavy atom. The first-order chi connectivity index (χ1) is 12.7. The topological polar surface area (TPSA) is 71.2 Å². The minimum atomic E-state index is -0.500. The summed E-state index contributed by atoms with van der Waals surface area (Å²) in [7, 11) is 0. The monoisotopic (exact) mass is 504 g/mol. The molecule has 2 fully saturated rings. The molecule has 0 aromatic heterocycles. The molecule has 3 rings (SSSR count). The number of halogens is 2. The molecular formula is C20H30FIN4O2. The number of rotatable bonds is 3. The van der Waals surface area contributed by atoms with E-state index >= 15 is 0 Å². The number of hydrogen-bond acceptors (Lipinski definition) is 3. The van der Waals surface area contributed by atoms with Gasteiger partial charge in [-0.2, -0.15) is 0 Å². The number of guanidine groups is 1. The number of carbonyl (C=O) groups is 1. The predicted molar refractivity (Wildman–Crippen MR) is 119 cm³/mol. The third kappa shape index (κ3) is 5.48. The molecule has 0 radical (unpaired) electrons. The lowest BCUT2D eigenvalue weighted by Crippen LogP contribution is -2.53. The van der Waals surface area contributed by atoms with Crippen molar-refractivity contribution in [3.63, 3.8) is 0 Å². The van der Waals surface area contributed by atoms with Gasteiger partial charge in [-0.05, 0) is 45.2 Å². The molecule has 1 aliphatic carbocycles. The van der Waals surface area contributed by atoms with E-state index in [0.29, 0.717) is 38.7 Å². The Labute approximate surface area is 183 Å². The highest BCUT2D eigenvalue weighted by Crippen LogP contribution is 2.49. The summed E-state index contributed by atoms with van der Waals surface area (Å²) in [6.45, 7) is 8.38. The van der Waals surface area contributed by atoms with Gasteiger partial charge in [-0.25, -0.2) is 9.18 Å². The average Bonchev–Trinajstić information content (AvgIpc) is 3.40. The van der Waals surface area contributed by atoms with Crippen molar-refractivity contribution >= 4 is 36.0 Å². The number of piperazine rings is 1. The molecule has 0 unspecified atom stereocenters. The van der Waals surface area contributed by atoms with E-state index in [-0.39, 0.29) is 41.3 Å². The molecule has 1 amide bonds. The van der Waals surface area contributed by atoms with Crippen molar-refractivity contribution in [1.29, 1.82) is 0 Å². The second-order valence-electron chi connectivity index (χ2n) is 8.39. The molecule has 156 valence electrons. The van der Waals surface area contributed by atoms with Gasteiger partial charge in [0.05, 0.1) is 6.54 Å². The van der Waals surface area contributed by atoms with E-state index in [0.717, 1.165) is 18.4 Å². The highest BCUT2D eigenvalue weighted by Gasteiger charge is 2.45. The molecule has 1 saturated carbocycles. The van der Waals surface area contributed by atoms with Crippen LogP contribution in [0.1, 0.15) is 39.2 Å². The van der Waals surface area contributed by atoms with Crippen molar-refractivity contribution in [3.8, 4) is 0 Å². The summed E-state index contributed by atoms with van der Waals surface area (Å²) >= 11 is 0. The van der Waals surface area contributed by atoms with Gasteiger partial charge < -0.3 is 20.3 Å². The van der Waals surface area contributed by atoms with Crippen LogP contribution in [0, 0.1) is 5.82 Å².